The maximum Gasteiger partial charge on any atom is 0.0784 e. The van der Waals surface area contributed by atoms with E-state index in [4.69, 9.17) is 0 Å². The first-order valence-corrected chi connectivity index (χ1v) is 5.14. The fourth-order valence-electron chi connectivity index (χ4n) is 1.71. The first-order valence-electron chi connectivity index (χ1n) is 5.14. The molecule has 15 heavy (non-hydrogen) atoms. The monoisotopic (exact) mass is 199 g/mol. The van der Waals surface area contributed by atoms with Gasteiger partial charge in [0, 0.05) is 18.8 Å². The van der Waals surface area contributed by atoms with E-state index in [-0.39, 0.29) is 0 Å². The Morgan fingerprint density at radius 3 is 2.53 bits per heavy atom. The molecule has 0 spiro atoms. The van der Waals surface area contributed by atoms with E-state index in [0.29, 0.717) is 0 Å². The largest absolute Gasteiger partial charge is 0.383 e. The highest BCUT2D eigenvalue weighted by molar-refractivity contribution is 5.57. The number of para-hydroxylation sites is 1. The number of anilines is 1. The molecule has 1 aliphatic rings. The van der Waals surface area contributed by atoms with Gasteiger partial charge in [0.2, 0.25) is 0 Å². The highest BCUT2D eigenvalue weighted by Crippen LogP contribution is 2.21. The summed E-state index contributed by atoms with van der Waals surface area (Å²) >= 11 is 0. The second-order valence-corrected chi connectivity index (χ2v) is 3.75. The molecule has 0 bridgehead atoms. The van der Waals surface area contributed by atoms with Crippen LogP contribution in [0.5, 0.6) is 0 Å². The summed E-state index contributed by atoms with van der Waals surface area (Å²) in [6, 6.07) is 7.40. The van der Waals surface area contributed by atoms with Gasteiger partial charge in [0.25, 0.3) is 0 Å². The molecule has 2 heteroatoms. The van der Waals surface area contributed by atoms with Crippen molar-refractivity contribution in [2.45, 2.75) is 13.8 Å². The third-order valence-electron chi connectivity index (χ3n) is 2.54. The van der Waals surface area contributed by atoms with E-state index in [1.54, 1.807) is 0 Å². The molecule has 0 aromatic heterocycles. The molecule has 0 saturated carbocycles. The van der Waals surface area contributed by atoms with E-state index in [0.717, 1.165) is 12.6 Å². The highest BCUT2D eigenvalue weighted by atomic mass is 15.0. The van der Waals surface area contributed by atoms with Crippen molar-refractivity contribution in [2.24, 2.45) is 0 Å². The Kier molecular flexibility index (Phi) is 3.27. The molecule has 2 nitrogen and oxygen atoms in total. The molecular formula is C13H15N2. The topological polar surface area (TPSA) is 26.1 Å². The summed E-state index contributed by atoms with van der Waals surface area (Å²) in [7, 11) is 0. The molecule has 1 aromatic rings. The van der Waals surface area contributed by atoms with Crippen LogP contribution in [0.3, 0.4) is 0 Å². The number of hydrogen-bond acceptors (Lipinski definition) is 1. The Hall–Kier alpha value is -1.02. The normalized spacial score (nSPS) is 16.9. The Morgan fingerprint density at radius 2 is 1.93 bits per heavy atom. The van der Waals surface area contributed by atoms with Crippen LogP contribution < -0.4 is 10.6 Å². The van der Waals surface area contributed by atoms with Gasteiger partial charge in [0.15, 0.2) is 0 Å². The van der Waals surface area contributed by atoms with Gasteiger partial charge in [-0.25, -0.2) is 5.32 Å². The second kappa shape index (κ2) is 4.67. The molecular weight excluding hydrogens is 184 g/mol. The fourth-order valence-corrected chi connectivity index (χ4v) is 1.71. The summed E-state index contributed by atoms with van der Waals surface area (Å²) in [5, 5.41) is 7.65. The minimum atomic E-state index is 0.790. The maximum atomic E-state index is 4.23. The van der Waals surface area contributed by atoms with Crippen LogP contribution in [-0.4, -0.2) is 6.54 Å². The number of nitrogens with zero attached hydrogens (tertiary/aromatic N) is 1. The lowest BCUT2D eigenvalue weighted by atomic mass is 10.1. The lowest BCUT2D eigenvalue weighted by Gasteiger charge is -2.14. The molecule has 77 valence electrons. The zero-order valence-corrected chi connectivity index (χ0v) is 9.12. The minimum absolute atomic E-state index is 0.790. The molecule has 1 aliphatic heterocycles. The van der Waals surface area contributed by atoms with Crippen LogP contribution in [0, 0.1) is 39.3 Å². The number of aryl methyl sites for hydroxylation is 2. The van der Waals surface area contributed by atoms with Crippen LogP contribution in [0.4, 0.5) is 5.69 Å². The molecule has 0 amide bonds. The van der Waals surface area contributed by atoms with E-state index in [1.165, 1.54) is 16.8 Å². The molecule has 1 saturated heterocycles. The maximum absolute atomic E-state index is 4.23. The summed E-state index contributed by atoms with van der Waals surface area (Å²) in [5.74, 6) is 0. The van der Waals surface area contributed by atoms with E-state index >= 15 is 0 Å². The molecule has 0 atom stereocenters. The Labute approximate surface area is 92.1 Å². The second-order valence-electron chi connectivity index (χ2n) is 3.75. The van der Waals surface area contributed by atoms with Crippen LogP contribution in [0.15, 0.2) is 18.2 Å². The number of nitrogens with one attached hydrogen (secondary N) is 1. The van der Waals surface area contributed by atoms with Crippen molar-refractivity contribution in [1.82, 2.24) is 5.32 Å². The molecule has 1 heterocycles. The lowest BCUT2D eigenvalue weighted by Crippen LogP contribution is -2.16. The van der Waals surface area contributed by atoms with Crippen molar-refractivity contribution in [3.63, 3.8) is 0 Å². The molecule has 0 aliphatic carbocycles. The Morgan fingerprint density at radius 1 is 1.20 bits per heavy atom. The van der Waals surface area contributed by atoms with Crippen LogP contribution in [0.25, 0.3) is 0 Å². The average molecular weight is 199 g/mol. The molecule has 1 fully saturated rings. The summed E-state index contributed by atoms with van der Waals surface area (Å²) in [5.41, 5.74) is 3.78. The summed E-state index contributed by atoms with van der Waals surface area (Å²) in [6.07, 6.45) is 3.99. The predicted octanol–water partition coefficient (Wildman–Crippen LogP) is 2.44. The van der Waals surface area contributed by atoms with Gasteiger partial charge in [-0.1, -0.05) is 18.2 Å². The van der Waals surface area contributed by atoms with Crippen molar-refractivity contribution in [1.29, 1.82) is 0 Å². The third-order valence-corrected chi connectivity index (χ3v) is 2.54. The van der Waals surface area contributed by atoms with Crippen molar-refractivity contribution < 1.29 is 0 Å². The standard InChI is InChI=1S/C13H15N2/c1-10-5-3-6-11(2)13(10)15-9-12-7-4-8-14-12/h3-8,15H,9H2,1-2H3. The van der Waals surface area contributed by atoms with Gasteiger partial charge in [-0.05, 0) is 37.8 Å². The fraction of sp³-hybridized carbons (Fsp3) is 0.231. The van der Waals surface area contributed by atoms with E-state index in [2.05, 4.69) is 42.7 Å². The Bertz CT molecular complexity index is 307. The third kappa shape index (κ3) is 2.51. The van der Waals surface area contributed by atoms with Crippen LogP contribution in [-0.2, 0) is 0 Å². The van der Waals surface area contributed by atoms with Crippen LogP contribution in [0.2, 0.25) is 0 Å². The van der Waals surface area contributed by atoms with Gasteiger partial charge in [0.05, 0.1) is 6.04 Å². The van der Waals surface area contributed by atoms with Gasteiger partial charge in [-0.15, -0.1) is 0 Å². The number of hydrogen-bond donors (Lipinski definition) is 1. The zero-order chi connectivity index (χ0) is 10.7. The summed E-state index contributed by atoms with van der Waals surface area (Å²) < 4.78 is 0. The molecule has 2 rings (SSSR count). The predicted molar refractivity (Wildman–Crippen MR) is 62.7 cm³/mol. The highest BCUT2D eigenvalue weighted by Gasteiger charge is 2.17. The van der Waals surface area contributed by atoms with Gasteiger partial charge in [-0.3, -0.25) is 0 Å². The summed E-state index contributed by atoms with van der Waals surface area (Å²) in [4.78, 5) is 0. The Balaban J connectivity index is 1.97. The van der Waals surface area contributed by atoms with Crippen LogP contribution >= 0.6 is 0 Å². The van der Waals surface area contributed by atoms with Crippen molar-refractivity contribution >= 4 is 5.69 Å². The molecule has 1 aromatic carbocycles. The van der Waals surface area contributed by atoms with Gasteiger partial charge >= 0.3 is 0 Å². The van der Waals surface area contributed by atoms with E-state index in [9.17, 15) is 0 Å². The van der Waals surface area contributed by atoms with Gasteiger partial charge < -0.3 is 5.32 Å². The quantitative estimate of drug-likeness (QED) is 0.795. The first-order chi connectivity index (χ1) is 7.27. The zero-order valence-electron chi connectivity index (χ0n) is 9.12. The van der Waals surface area contributed by atoms with E-state index in [1.807, 2.05) is 19.4 Å². The SMILES string of the molecule is Cc1cccc(C)c1NC[C]1[CH][CH][CH][N]1. The number of rotatable bonds is 3. The van der Waals surface area contributed by atoms with Crippen LogP contribution in [0.1, 0.15) is 11.1 Å². The van der Waals surface area contributed by atoms with Crippen molar-refractivity contribution in [2.75, 3.05) is 11.9 Å². The first kappa shape index (κ1) is 10.5. The summed E-state index contributed by atoms with van der Waals surface area (Å²) in [6.45, 7) is 6.85. The number of benzene rings is 1. The van der Waals surface area contributed by atoms with Gasteiger partial charge in [0.1, 0.15) is 0 Å². The lowest BCUT2D eigenvalue weighted by molar-refractivity contribution is 0.868. The van der Waals surface area contributed by atoms with Crippen molar-refractivity contribution in [3.8, 4) is 0 Å². The average Bonchev–Trinajstić information content (AvgIpc) is 2.70. The molecule has 5 radical (unpaired) electrons. The smallest absolute Gasteiger partial charge is 0.0784 e. The van der Waals surface area contributed by atoms with E-state index < -0.39 is 0 Å². The molecule has 1 N–H and O–H groups in total. The van der Waals surface area contributed by atoms with Crippen molar-refractivity contribution in [3.05, 3.63) is 54.8 Å². The minimum Gasteiger partial charge on any atom is -0.383 e. The molecule has 0 unspecified atom stereocenters. The van der Waals surface area contributed by atoms with Gasteiger partial charge in [-0.2, -0.15) is 0 Å².